The highest BCUT2D eigenvalue weighted by Crippen LogP contribution is 2.24. The van der Waals surface area contributed by atoms with Crippen molar-refractivity contribution in [2.45, 2.75) is 19.8 Å². The fourth-order valence-corrected chi connectivity index (χ4v) is 2.40. The summed E-state index contributed by atoms with van der Waals surface area (Å²) in [5.74, 6) is 0.0402. The molecule has 3 amide bonds. The van der Waals surface area contributed by atoms with Crippen molar-refractivity contribution >= 4 is 23.7 Å². The molecule has 0 radical (unpaired) electrons. The maximum Gasteiger partial charge on any atom is 0.333 e. The van der Waals surface area contributed by atoms with Gasteiger partial charge in [0.2, 0.25) is 0 Å². The third kappa shape index (κ3) is 2.99. The van der Waals surface area contributed by atoms with Crippen LogP contribution in [0.1, 0.15) is 30.9 Å². The molecule has 0 bridgehead atoms. The topological polar surface area (TPSA) is 62.3 Å². The molecule has 3 rings (SSSR count). The van der Waals surface area contributed by atoms with Crippen LogP contribution in [0, 0.1) is 0 Å². The van der Waals surface area contributed by atoms with E-state index in [1.54, 1.807) is 42.7 Å². The summed E-state index contributed by atoms with van der Waals surface area (Å²) in [6.07, 6.45) is 4.91. The summed E-state index contributed by atoms with van der Waals surface area (Å²) >= 11 is 0. The monoisotopic (exact) mass is 307 g/mol. The standard InChI is InChI=1S/C18H17N3O2/c1-12(2)14-3-5-15(6-4-14)21-17(22)16(20-18(21)23)11-13-7-9-19-10-8-13/h3-12H,1-2H3,(H,20,23). The highest BCUT2D eigenvalue weighted by atomic mass is 16.2. The lowest BCUT2D eigenvalue weighted by Gasteiger charge is -2.13. The van der Waals surface area contributed by atoms with Gasteiger partial charge in [-0.2, -0.15) is 0 Å². The van der Waals surface area contributed by atoms with E-state index in [2.05, 4.69) is 24.1 Å². The van der Waals surface area contributed by atoms with Gasteiger partial charge >= 0.3 is 6.03 Å². The number of carbonyl (C=O) groups is 2. The van der Waals surface area contributed by atoms with Gasteiger partial charge in [0.15, 0.2) is 0 Å². The van der Waals surface area contributed by atoms with Crippen LogP contribution >= 0.6 is 0 Å². The van der Waals surface area contributed by atoms with Gasteiger partial charge in [-0.25, -0.2) is 9.69 Å². The molecule has 1 aliphatic heterocycles. The molecule has 1 aliphatic rings. The predicted molar refractivity (Wildman–Crippen MR) is 88.8 cm³/mol. The molecule has 0 spiro atoms. The second-order valence-corrected chi connectivity index (χ2v) is 5.66. The molecule has 2 heterocycles. The summed E-state index contributed by atoms with van der Waals surface area (Å²) in [6, 6.07) is 10.6. The minimum absolute atomic E-state index is 0.258. The first-order valence-corrected chi connectivity index (χ1v) is 7.43. The van der Waals surface area contributed by atoms with Crippen LogP contribution in [0.2, 0.25) is 0 Å². The van der Waals surface area contributed by atoms with Crippen molar-refractivity contribution in [3.05, 3.63) is 65.6 Å². The minimum atomic E-state index is -0.437. The molecule has 1 aromatic heterocycles. The van der Waals surface area contributed by atoms with E-state index in [0.29, 0.717) is 11.6 Å². The van der Waals surface area contributed by atoms with Crippen LogP contribution in [0.5, 0.6) is 0 Å². The largest absolute Gasteiger partial charge is 0.333 e. The maximum atomic E-state index is 12.5. The molecule has 1 fully saturated rings. The highest BCUT2D eigenvalue weighted by Gasteiger charge is 2.34. The average Bonchev–Trinajstić information content (AvgIpc) is 2.82. The number of anilines is 1. The van der Waals surface area contributed by atoms with E-state index in [-0.39, 0.29) is 11.6 Å². The van der Waals surface area contributed by atoms with E-state index < -0.39 is 6.03 Å². The number of urea groups is 1. The Morgan fingerprint density at radius 3 is 2.30 bits per heavy atom. The summed E-state index contributed by atoms with van der Waals surface area (Å²) in [4.78, 5) is 29.7. The minimum Gasteiger partial charge on any atom is -0.302 e. The van der Waals surface area contributed by atoms with Crippen LogP contribution in [0.25, 0.3) is 6.08 Å². The SMILES string of the molecule is CC(C)c1ccc(N2C(=O)NC(=Cc3ccncc3)C2=O)cc1. The van der Waals surface area contributed by atoms with Crippen molar-refractivity contribution in [3.8, 4) is 0 Å². The molecule has 0 unspecified atom stereocenters. The molecule has 5 heteroatoms. The zero-order chi connectivity index (χ0) is 16.4. The van der Waals surface area contributed by atoms with Gasteiger partial charge in [-0.15, -0.1) is 0 Å². The number of hydrogen-bond acceptors (Lipinski definition) is 3. The second-order valence-electron chi connectivity index (χ2n) is 5.66. The number of nitrogens with one attached hydrogen (secondary N) is 1. The van der Waals surface area contributed by atoms with E-state index in [0.717, 1.165) is 16.0 Å². The van der Waals surface area contributed by atoms with Crippen molar-refractivity contribution in [3.63, 3.8) is 0 Å². The van der Waals surface area contributed by atoms with Gasteiger partial charge in [-0.1, -0.05) is 26.0 Å². The number of pyridine rings is 1. The van der Waals surface area contributed by atoms with Gasteiger partial charge in [-0.3, -0.25) is 9.78 Å². The number of carbonyl (C=O) groups excluding carboxylic acids is 2. The molecule has 1 N–H and O–H groups in total. The predicted octanol–water partition coefficient (Wildman–Crippen LogP) is 3.30. The zero-order valence-corrected chi connectivity index (χ0v) is 13.0. The third-order valence-electron chi connectivity index (χ3n) is 3.71. The molecule has 23 heavy (non-hydrogen) atoms. The second kappa shape index (κ2) is 6.04. The summed E-state index contributed by atoms with van der Waals surface area (Å²) in [7, 11) is 0. The summed E-state index contributed by atoms with van der Waals surface area (Å²) in [6.45, 7) is 4.19. The van der Waals surface area contributed by atoms with Gasteiger partial charge < -0.3 is 5.32 Å². The van der Waals surface area contributed by atoms with E-state index >= 15 is 0 Å². The fourth-order valence-electron chi connectivity index (χ4n) is 2.40. The molecule has 0 atom stereocenters. The van der Waals surface area contributed by atoms with Gasteiger partial charge in [0, 0.05) is 12.4 Å². The van der Waals surface area contributed by atoms with E-state index in [4.69, 9.17) is 0 Å². The van der Waals surface area contributed by atoms with Crippen LogP contribution in [0.3, 0.4) is 0 Å². The number of nitrogens with zero attached hydrogens (tertiary/aromatic N) is 2. The maximum absolute atomic E-state index is 12.5. The number of rotatable bonds is 3. The number of benzene rings is 1. The quantitative estimate of drug-likeness (QED) is 0.699. The molecular weight excluding hydrogens is 290 g/mol. The van der Waals surface area contributed by atoms with Gasteiger partial charge in [0.05, 0.1) is 5.69 Å². The zero-order valence-electron chi connectivity index (χ0n) is 13.0. The molecule has 0 aliphatic carbocycles. The Bertz CT molecular complexity index is 765. The van der Waals surface area contributed by atoms with Crippen LogP contribution in [-0.2, 0) is 4.79 Å². The molecule has 2 aromatic rings. The third-order valence-corrected chi connectivity index (χ3v) is 3.71. The Morgan fingerprint density at radius 2 is 1.70 bits per heavy atom. The summed E-state index contributed by atoms with van der Waals surface area (Å²) < 4.78 is 0. The van der Waals surface area contributed by atoms with Crippen LogP contribution < -0.4 is 10.2 Å². The van der Waals surface area contributed by atoms with Gasteiger partial charge in [0.25, 0.3) is 5.91 Å². The molecule has 5 nitrogen and oxygen atoms in total. The normalized spacial score (nSPS) is 16.3. The van der Waals surface area contributed by atoms with E-state index in [9.17, 15) is 9.59 Å². The Hall–Kier alpha value is -2.95. The Kier molecular flexibility index (Phi) is 3.93. The highest BCUT2D eigenvalue weighted by molar-refractivity contribution is 6.28. The number of amides is 3. The number of hydrogen-bond donors (Lipinski definition) is 1. The fraction of sp³-hybridized carbons (Fsp3) is 0.167. The molecule has 1 aromatic carbocycles. The van der Waals surface area contributed by atoms with Crippen LogP contribution in [0.15, 0.2) is 54.5 Å². The first kappa shape index (κ1) is 15.0. The Labute approximate surface area is 134 Å². The molecule has 0 saturated carbocycles. The first-order valence-electron chi connectivity index (χ1n) is 7.43. The van der Waals surface area contributed by atoms with Crippen molar-refractivity contribution in [2.75, 3.05) is 4.90 Å². The summed E-state index contributed by atoms with van der Waals surface area (Å²) in [5.41, 5.74) is 2.79. The lowest BCUT2D eigenvalue weighted by Crippen LogP contribution is -2.30. The molecule has 1 saturated heterocycles. The summed E-state index contributed by atoms with van der Waals surface area (Å²) in [5, 5.41) is 2.62. The van der Waals surface area contributed by atoms with Crippen molar-refractivity contribution < 1.29 is 9.59 Å². The van der Waals surface area contributed by atoms with Gasteiger partial charge in [-0.05, 0) is 47.4 Å². The van der Waals surface area contributed by atoms with Crippen molar-refractivity contribution in [1.29, 1.82) is 0 Å². The number of imide groups is 1. The van der Waals surface area contributed by atoms with Gasteiger partial charge in [0.1, 0.15) is 5.70 Å². The van der Waals surface area contributed by atoms with E-state index in [1.807, 2.05) is 12.1 Å². The van der Waals surface area contributed by atoms with Crippen molar-refractivity contribution in [1.82, 2.24) is 10.3 Å². The van der Waals surface area contributed by atoms with Crippen LogP contribution in [0.4, 0.5) is 10.5 Å². The van der Waals surface area contributed by atoms with E-state index in [1.165, 1.54) is 0 Å². The molecule has 116 valence electrons. The Balaban J connectivity index is 1.88. The molecular formula is C18H17N3O2. The lowest BCUT2D eigenvalue weighted by atomic mass is 10.0. The van der Waals surface area contributed by atoms with Crippen molar-refractivity contribution in [2.24, 2.45) is 0 Å². The average molecular weight is 307 g/mol. The Morgan fingerprint density at radius 1 is 1.04 bits per heavy atom. The number of aromatic nitrogens is 1. The first-order chi connectivity index (χ1) is 11.1. The smallest absolute Gasteiger partial charge is 0.302 e. The lowest BCUT2D eigenvalue weighted by molar-refractivity contribution is -0.113. The van der Waals surface area contributed by atoms with Crippen LogP contribution in [-0.4, -0.2) is 16.9 Å².